The number of nitrogens with zero attached hydrogens (tertiary/aromatic N) is 1. The van der Waals surface area contributed by atoms with E-state index in [1.807, 2.05) is 6.92 Å². The molecule has 1 fully saturated rings. The molecule has 2 rings (SSSR count). The molecule has 0 spiro atoms. The van der Waals surface area contributed by atoms with Crippen molar-refractivity contribution < 1.29 is 13.2 Å². The lowest BCUT2D eigenvalue weighted by Gasteiger charge is -2.23. The van der Waals surface area contributed by atoms with Crippen molar-refractivity contribution in [2.75, 3.05) is 13.1 Å². The lowest BCUT2D eigenvalue weighted by Crippen LogP contribution is -2.46. The molecule has 0 radical (unpaired) electrons. The van der Waals surface area contributed by atoms with Gasteiger partial charge in [0.1, 0.15) is 6.04 Å². The van der Waals surface area contributed by atoms with E-state index >= 15 is 0 Å². The van der Waals surface area contributed by atoms with Crippen LogP contribution in [0.3, 0.4) is 0 Å². The second-order valence-electron chi connectivity index (χ2n) is 5.37. The van der Waals surface area contributed by atoms with Crippen molar-refractivity contribution >= 4 is 27.5 Å². The summed E-state index contributed by atoms with van der Waals surface area (Å²) in [5, 5.41) is 3.30. The first-order valence-corrected chi connectivity index (χ1v) is 9.33. The molecule has 22 heavy (non-hydrogen) atoms. The number of halogens is 1. The molecule has 1 aromatic rings. The molecular weight excluding hydrogens is 324 g/mol. The molecule has 0 saturated carbocycles. The lowest BCUT2D eigenvalue weighted by atomic mass is 10.2. The fourth-order valence-electron chi connectivity index (χ4n) is 2.54. The van der Waals surface area contributed by atoms with Crippen LogP contribution in [-0.2, 0) is 14.8 Å². The Morgan fingerprint density at radius 2 is 2.05 bits per heavy atom. The highest BCUT2D eigenvalue weighted by molar-refractivity contribution is 7.89. The predicted molar refractivity (Wildman–Crippen MR) is 86.3 cm³/mol. The van der Waals surface area contributed by atoms with Gasteiger partial charge in [0.05, 0.1) is 4.90 Å². The highest BCUT2D eigenvalue weighted by Crippen LogP contribution is 2.26. The molecule has 1 aliphatic rings. The van der Waals surface area contributed by atoms with Gasteiger partial charge in [-0.05, 0) is 43.5 Å². The summed E-state index contributed by atoms with van der Waals surface area (Å²) in [5.41, 5.74) is 0. The van der Waals surface area contributed by atoms with Gasteiger partial charge in [-0.1, -0.05) is 24.9 Å². The van der Waals surface area contributed by atoms with Crippen LogP contribution in [0.5, 0.6) is 0 Å². The van der Waals surface area contributed by atoms with Crippen molar-refractivity contribution in [3.05, 3.63) is 29.3 Å². The molecule has 1 aromatic carbocycles. The monoisotopic (exact) mass is 344 g/mol. The number of rotatable bonds is 6. The second-order valence-corrected chi connectivity index (χ2v) is 7.70. The summed E-state index contributed by atoms with van der Waals surface area (Å²) in [4.78, 5) is 12.4. The van der Waals surface area contributed by atoms with E-state index < -0.39 is 16.1 Å². The summed E-state index contributed by atoms with van der Waals surface area (Å²) in [5.74, 6) is -0.205. The molecule has 1 N–H and O–H groups in total. The second kappa shape index (κ2) is 7.44. The summed E-state index contributed by atoms with van der Waals surface area (Å²) in [7, 11) is -3.67. The first kappa shape index (κ1) is 17.2. The number of nitrogens with one attached hydrogen (secondary N) is 1. The molecule has 1 saturated heterocycles. The minimum absolute atomic E-state index is 0.171. The number of carbonyl (C=O) groups is 1. The van der Waals surface area contributed by atoms with Crippen molar-refractivity contribution in [1.29, 1.82) is 0 Å². The van der Waals surface area contributed by atoms with Crippen LogP contribution in [0.15, 0.2) is 29.2 Å². The van der Waals surface area contributed by atoms with Gasteiger partial charge in [0, 0.05) is 18.1 Å². The van der Waals surface area contributed by atoms with E-state index in [0.717, 1.165) is 12.8 Å². The standard InChI is InChI=1S/C15H21ClN2O3S/c1-2-3-10-17-15(19)14-5-4-11-18(14)22(20,21)13-8-6-12(16)7-9-13/h6-9,14H,2-5,10-11H2,1H3,(H,17,19)/t14-/m1/s1. The van der Waals surface area contributed by atoms with Gasteiger partial charge < -0.3 is 5.32 Å². The Labute approximate surface area is 136 Å². The zero-order chi connectivity index (χ0) is 16.2. The summed E-state index contributed by atoms with van der Waals surface area (Å²) < 4.78 is 26.7. The minimum atomic E-state index is -3.67. The number of hydrogen-bond acceptors (Lipinski definition) is 3. The third-order valence-corrected chi connectivity index (χ3v) is 5.93. The van der Waals surface area contributed by atoms with E-state index in [9.17, 15) is 13.2 Å². The van der Waals surface area contributed by atoms with Gasteiger partial charge in [-0.3, -0.25) is 4.79 Å². The lowest BCUT2D eigenvalue weighted by molar-refractivity contribution is -0.124. The third kappa shape index (κ3) is 3.80. The Kier molecular flexibility index (Phi) is 5.83. The Morgan fingerprint density at radius 1 is 1.36 bits per heavy atom. The Bertz CT molecular complexity index is 616. The van der Waals surface area contributed by atoms with E-state index in [1.54, 1.807) is 12.1 Å². The van der Waals surface area contributed by atoms with E-state index in [2.05, 4.69) is 5.32 Å². The molecule has 1 aliphatic heterocycles. The number of amides is 1. The zero-order valence-corrected chi connectivity index (χ0v) is 14.2. The average Bonchev–Trinajstić information content (AvgIpc) is 2.98. The highest BCUT2D eigenvalue weighted by atomic mass is 35.5. The molecule has 0 unspecified atom stereocenters. The zero-order valence-electron chi connectivity index (χ0n) is 12.6. The van der Waals surface area contributed by atoms with Gasteiger partial charge in [-0.2, -0.15) is 4.31 Å². The molecule has 7 heteroatoms. The molecule has 5 nitrogen and oxygen atoms in total. The Balaban J connectivity index is 2.15. The summed E-state index contributed by atoms with van der Waals surface area (Å²) in [6.45, 7) is 3.00. The van der Waals surface area contributed by atoms with Crippen LogP contribution in [0.4, 0.5) is 0 Å². The van der Waals surface area contributed by atoms with Crippen molar-refractivity contribution in [2.45, 2.75) is 43.5 Å². The number of benzene rings is 1. The van der Waals surface area contributed by atoms with Crippen molar-refractivity contribution in [1.82, 2.24) is 9.62 Å². The van der Waals surface area contributed by atoms with Gasteiger partial charge in [0.2, 0.25) is 15.9 Å². The summed E-state index contributed by atoms with van der Waals surface area (Å²) >= 11 is 5.80. The number of carbonyl (C=O) groups excluding carboxylic acids is 1. The fourth-order valence-corrected chi connectivity index (χ4v) is 4.32. The molecule has 1 amide bonds. The normalized spacial score (nSPS) is 19.3. The van der Waals surface area contributed by atoms with Crippen molar-refractivity contribution in [2.24, 2.45) is 0 Å². The molecular formula is C15H21ClN2O3S. The van der Waals surface area contributed by atoms with Crippen LogP contribution in [0, 0.1) is 0 Å². The van der Waals surface area contributed by atoms with Crippen LogP contribution in [0.1, 0.15) is 32.6 Å². The summed E-state index contributed by atoms with van der Waals surface area (Å²) in [6, 6.07) is 5.42. The van der Waals surface area contributed by atoms with Crippen molar-refractivity contribution in [3.8, 4) is 0 Å². The van der Waals surface area contributed by atoms with E-state index in [4.69, 9.17) is 11.6 Å². The third-order valence-electron chi connectivity index (χ3n) is 3.76. The molecule has 1 atom stereocenters. The topological polar surface area (TPSA) is 66.5 Å². The van der Waals surface area contributed by atoms with Gasteiger partial charge in [-0.25, -0.2) is 8.42 Å². The number of sulfonamides is 1. The Morgan fingerprint density at radius 3 is 2.68 bits per heavy atom. The summed E-state index contributed by atoms with van der Waals surface area (Å²) in [6.07, 6.45) is 3.13. The van der Waals surface area contributed by atoms with Gasteiger partial charge in [0.25, 0.3) is 0 Å². The largest absolute Gasteiger partial charge is 0.355 e. The smallest absolute Gasteiger partial charge is 0.243 e. The maximum atomic E-state index is 12.7. The van der Waals surface area contributed by atoms with Gasteiger partial charge in [-0.15, -0.1) is 0 Å². The van der Waals surface area contributed by atoms with Gasteiger partial charge >= 0.3 is 0 Å². The number of hydrogen-bond donors (Lipinski definition) is 1. The van der Waals surface area contributed by atoms with Crippen molar-refractivity contribution in [3.63, 3.8) is 0 Å². The predicted octanol–water partition coefficient (Wildman–Crippen LogP) is 2.41. The number of unbranched alkanes of at least 4 members (excludes halogenated alkanes) is 1. The first-order valence-electron chi connectivity index (χ1n) is 7.52. The van der Waals surface area contributed by atoms with Crippen LogP contribution in [0.25, 0.3) is 0 Å². The van der Waals surface area contributed by atoms with E-state index in [0.29, 0.717) is 31.0 Å². The molecule has 0 bridgehead atoms. The SMILES string of the molecule is CCCCNC(=O)[C@H]1CCCN1S(=O)(=O)c1ccc(Cl)cc1. The van der Waals surface area contributed by atoms with Crippen LogP contribution >= 0.6 is 11.6 Å². The maximum absolute atomic E-state index is 12.7. The van der Waals surface area contributed by atoms with Crippen LogP contribution in [0.2, 0.25) is 5.02 Å². The van der Waals surface area contributed by atoms with Gasteiger partial charge in [0.15, 0.2) is 0 Å². The van der Waals surface area contributed by atoms with Crippen LogP contribution in [-0.4, -0.2) is 37.8 Å². The molecule has 0 aliphatic carbocycles. The fraction of sp³-hybridized carbons (Fsp3) is 0.533. The Hall–Kier alpha value is -1.11. The first-order chi connectivity index (χ1) is 10.5. The maximum Gasteiger partial charge on any atom is 0.243 e. The van der Waals surface area contributed by atoms with Crippen LogP contribution < -0.4 is 5.32 Å². The minimum Gasteiger partial charge on any atom is -0.355 e. The van der Waals surface area contributed by atoms with E-state index in [-0.39, 0.29) is 10.8 Å². The molecule has 122 valence electrons. The molecule has 1 heterocycles. The van der Waals surface area contributed by atoms with E-state index in [1.165, 1.54) is 16.4 Å². The molecule has 0 aromatic heterocycles. The average molecular weight is 345 g/mol. The highest BCUT2D eigenvalue weighted by Gasteiger charge is 2.39. The quantitative estimate of drug-likeness (QED) is 0.806.